The molecule has 1 aliphatic carbocycles. The van der Waals surface area contributed by atoms with Crippen LogP contribution in [0.2, 0.25) is 0 Å². The van der Waals surface area contributed by atoms with E-state index >= 15 is 0 Å². The third-order valence-electron chi connectivity index (χ3n) is 8.66. The molecule has 1 saturated carbocycles. The number of hydrogen-bond acceptors (Lipinski definition) is 7. The van der Waals surface area contributed by atoms with Crippen molar-refractivity contribution in [2.75, 3.05) is 59.7 Å². The number of carbonyl (C=O) groups is 1. The fraction of sp³-hybridized carbons (Fsp3) is 0.885. The number of carbonyl (C=O) groups excluding carboxylic acids is 1. The Labute approximate surface area is 203 Å². The van der Waals surface area contributed by atoms with E-state index in [1.807, 2.05) is 4.90 Å². The molecule has 0 bridgehead atoms. The van der Waals surface area contributed by atoms with Crippen LogP contribution in [0.25, 0.3) is 0 Å². The van der Waals surface area contributed by atoms with Crippen LogP contribution in [-0.2, 0) is 23.7 Å². The Hall–Kier alpha value is -1.19. The van der Waals surface area contributed by atoms with Gasteiger partial charge in [-0.25, -0.2) is 4.79 Å². The predicted molar refractivity (Wildman–Crippen MR) is 127 cm³/mol. The number of likely N-dealkylation sites (tertiary alicyclic amines) is 1. The van der Waals surface area contributed by atoms with Crippen molar-refractivity contribution in [3.8, 4) is 0 Å². The van der Waals surface area contributed by atoms with Crippen LogP contribution in [0.1, 0.15) is 46.5 Å². The molecule has 5 rings (SSSR count). The average Bonchev–Trinajstić information content (AvgIpc) is 3.70. The molecule has 34 heavy (non-hydrogen) atoms. The van der Waals surface area contributed by atoms with Crippen molar-refractivity contribution in [3.05, 3.63) is 11.6 Å². The second kappa shape index (κ2) is 9.69. The first-order valence-corrected chi connectivity index (χ1v) is 13.1. The quantitative estimate of drug-likeness (QED) is 0.392. The van der Waals surface area contributed by atoms with Gasteiger partial charge in [-0.15, -0.1) is 0 Å². The minimum absolute atomic E-state index is 0.0600. The van der Waals surface area contributed by atoms with Crippen LogP contribution in [0, 0.1) is 11.8 Å². The third kappa shape index (κ3) is 4.89. The number of rotatable bonds is 8. The minimum Gasteiger partial charge on any atom is -0.443 e. The summed E-state index contributed by atoms with van der Waals surface area (Å²) in [5, 5.41) is 0. The maximum atomic E-state index is 12.9. The molecule has 1 spiro atoms. The highest BCUT2D eigenvalue weighted by atomic mass is 16.6. The molecule has 0 N–H and O–H groups in total. The molecule has 0 radical (unpaired) electrons. The Morgan fingerprint density at radius 2 is 1.94 bits per heavy atom. The molecule has 8 heteroatoms. The number of morpholine rings is 1. The summed E-state index contributed by atoms with van der Waals surface area (Å²) in [4.78, 5) is 17.2. The molecule has 1 unspecified atom stereocenters. The third-order valence-corrected chi connectivity index (χ3v) is 8.66. The van der Waals surface area contributed by atoms with Crippen LogP contribution >= 0.6 is 0 Å². The van der Waals surface area contributed by atoms with Crippen LogP contribution in [-0.4, -0.2) is 105 Å². The van der Waals surface area contributed by atoms with Crippen molar-refractivity contribution in [2.45, 2.75) is 76.0 Å². The highest BCUT2D eigenvalue weighted by molar-refractivity contribution is 5.69. The molecule has 4 saturated heterocycles. The predicted octanol–water partition coefficient (Wildman–Crippen LogP) is 2.85. The first-order valence-electron chi connectivity index (χ1n) is 13.1. The maximum Gasteiger partial charge on any atom is 0.410 e. The van der Waals surface area contributed by atoms with Crippen LogP contribution in [0.5, 0.6) is 0 Å². The molecule has 0 aromatic carbocycles. The van der Waals surface area contributed by atoms with E-state index in [1.54, 1.807) is 7.11 Å². The molecule has 5 aliphatic rings. The highest BCUT2D eigenvalue weighted by Gasteiger charge is 2.72. The van der Waals surface area contributed by atoms with E-state index in [2.05, 4.69) is 31.7 Å². The van der Waals surface area contributed by atoms with Gasteiger partial charge in [-0.1, -0.05) is 11.6 Å². The lowest BCUT2D eigenvalue weighted by Crippen LogP contribution is -2.57. The van der Waals surface area contributed by atoms with Gasteiger partial charge in [0.25, 0.3) is 0 Å². The minimum atomic E-state index is -0.310. The Balaban J connectivity index is 1.14. The van der Waals surface area contributed by atoms with Gasteiger partial charge in [0.2, 0.25) is 0 Å². The summed E-state index contributed by atoms with van der Waals surface area (Å²) < 4.78 is 29.8. The van der Waals surface area contributed by atoms with Crippen molar-refractivity contribution >= 4 is 6.09 Å². The monoisotopic (exact) mass is 478 g/mol. The molecule has 192 valence electrons. The largest absolute Gasteiger partial charge is 0.443 e. The van der Waals surface area contributed by atoms with E-state index in [0.717, 1.165) is 78.2 Å². The lowest BCUT2D eigenvalue weighted by atomic mass is 9.68. The molecule has 0 aromatic heterocycles. The van der Waals surface area contributed by atoms with Crippen molar-refractivity contribution < 1.29 is 28.5 Å². The number of ether oxygens (including phenoxy) is 5. The number of nitrogens with zero attached hydrogens (tertiary/aromatic N) is 2. The summed E-state index contributed by atoms with van der Waals surface area (Å²) in [5.41, 5.74) is 0.793. The van der Waals surface area contributed by atoms with Gasteiger partial charge in [-0.2, -0.15) is 0 Å². The van der Waals surface area contributed by atoms with Gasteiger partial charge in [0.1, 0.15) is 23.4 Å². The summed E-state index contributed by atoms with van der Waals surface area (Å²) in [6, 6.07) is 0. The number of hydrogen-bond donors (Lipinski definition) is 0. The summed E-state index contributed by atoms with van der Waals surface area (Å²) in [5.74, 6) is 0.621. The van der Waals surface area contributed by atoms with E-state index in [4.69, 9.17) is 23.7 Å². The van der Waals surface area contributed by atoms with Crippen molar-refractivity contribution in [1.29, 1.82) is 0 Å². The molecular weight excluding hydrogens is 436 g/mol. The van der Waals surface area contributed by atoms with Crippen molar-refractivity contribution in [2.24, 2.45) is 11.8 Å². The normalized spacial score (nSPS) is 40.1. The zero-order chi connectivity index (χ0) is 23.9. The Morgan fingerprint density at radius 1 is 1.21 bits per heavy atom. The summed E-state index contributed by atoms with van der Waals surface area (Å²) >= 11 is 0. The topological polar surface area (TPSA) is 76.3 Å². The second-order valence-corrected chi connectivity index (χ2v) is 11.3. The Morgan fingerprint density at radius 3 is 2.59 bits per heavy atom. The van der Waals surface area contributed by atoms with E-state index in [-0.39, 0.29) is 41.5 Å². The van der Waals surface area contributed by atoms with Gasteiger partial charge < -0.3 is 28.6 Å². The number of methoxy groups -OCH3 is 1. The molecule has 1 amide bonds. The number of epoxide rings is 2. The average molecular weight is 479 g/mol. The summed E-state index contributed by atoms with van der Waals surface area (Å²) in [7, 11) is 1.72. The van der Waals surface area contributed by atoms with Crippen LogP contribution < -0.4 is 0 Å². The van der Waals surface area contributed by atoms with Crippen LogP contribution in [0.3, 0.4) is 0 Å². The molecule has 6 atom stereocenters. The highest BCUT2D eigenvalue weighted by Crippen LogP contribution is 2.59. The van der Waals surface area contributed by atoms with Crippen molar-refractivity contribution in [3.63, 3.8) is 0 Å². The SMILES string of the molecule is CO[C@H]1C([C@@]2(C)O[C@@H]2CC=C(C)C)[C@]2(CC[C@H]1OC(=O)N1CC(CCN3CCOCC3)C1)CO2. The van der Waals surface area contributed by atoms with Gasteiger partial charge in [0.15, 0.2) is 0 Å². The molecule has 4 aliphatic heterocycles. The number of allylic oxidation sites excluding steroid dienone is 1. The second-order valence-electron chi connectivity index (χ2n) is 11.3. The van der Waals surface area contributed by atoms with Gasteiger partial charge in [0, 0.05) is 33.3 Å². The van der Waals surface area contributed by atoms with Gasteiger partial charge in [0.05, 0.1) is 31.8 Å². The smallest absolute Gasteiger partial charge is 0.410 e. The first-order chi connectivity index (χ1) is 16.3. The van der Waals surface area contributed by atoms with Crippen molar-refractivity contribution in [1.82, 2.24) is 9.80 Å². The van der Waals surface area contributed by atoms with E-state index in [0.29, 0.717) is 5.92 Å². The van der Waals surface area contributed by atoms with Gasteiger partial charge in [-0.05, 0) is 58.9 Å². The van der Waals surface area contributed by atoms with E-state index in [1.165, 1.54) is 5.57 Å². The lowest BCUT2D eigenvalue weighted by Gasteiger charge is -2.44. The Kier molecular flexibility index (Phi) is 6.99. The van der Waals surface area contributed by atoms with Crippen LogP contribution in [0.15, 0.2) is 11.6 Å². The van der Waals surface area contributed by atoms with Gasteiger partial charge in [-0.3, -0.25) is 4.90 Å². The van der Waals surface area contributed by atoms with E-state index < -0.39 is 0 Å². The van der Waals surface area contributed by atoms with Gasteiger partial charge >= 0.3 is 6.09 Å². The molecule has 8 nitrogen and oxygen atoms in total. The summed E-state index contributed by atoms with van der Waals surface area (Å²) in [6.07, 6.45) is 5.36. The standard InChI is InChI=1S/C26H42N2O6/c1-18(2)5-6-21-25(3,34-21)23-22(30-4)20(7-9-26(23)17-32-26)33-24(29)28-15-19(16-28)8-10-27-11-13-31-14-12-27/h5,19-23H,6-17H2,1-4H3/t20-,21-,22-,23?,25+,26+/m1/s1. The Bertz CT molecular complexity index is 769. The number of amides is 1. The lowest BCUT2D eigenvalue weighted by molar-refractivity contribution is -0.124. The fourth-order valence-corrected chi connectivity index (χ4v) is 6.37. The van der Waals surface area contributed by atoms with Crippen LogP contribution in [0.4, 0.5) is 4.79 Å². The van der Waals surface area contributed by atoms with E-state index in [9.17, 15) is 4.79 Å². The summed E-state index contributed by atoms with van der Waals surface area (Å²) in [6.45, 7) is 13.5. The fourth-order valence-electron chi connectivity index (χ4n) is 6.37. The molecular formula is C26H42N2O6. The molecule has 0 aromatic rings. The first kappa shape index (κ1) is 24.5. The zero-order valence-electron chi connectivity index (χ0n) is 21.3. The zero-order valence-corrected chi connectivity index (χ0v) is 21.3. The maximum absolute atomic E-state index is 12.9. The molecule has 4 heterocycles. The molecule has 5 fully saturated rings.